The van der Waals surface area contributed by atoms with Crippen molar-refractivity contribution in [2.45, 2.75) is 17.2 Å². The van der Waals surface area contributed by atoms with E-state index in [2.05, 4.69) is 21.3 Å². The molecular formula is C17H14N4S. The maximum atomic E-state index is 9.06. The lowest BCUT2D eigenvalue weighted by Gasteiger charge is -2.07. The largest absolute Gasteiger partial charge is 0.276 e. The van der Waals surface area contributed by atoms with Gasteiger partial charge in [-0.15, -0.1) is 0 Å². The molecule has 3 rings (SSSR count). The summed E-state index contributed by atoms with van der Waals surface area (Å²) >= 11 is 1.46. The molecule has 0 radical (unpaired) electrons. The summed E-state index contributed by atoms with van der Waals surface area (Å²) in [6, 6.07) is 16.2. The van der Waals surface area contributed by atoms with E-state index in [4.69, 9.17) is 5.26 Å². The van der Waals surface area contributed by atoms with Crippen molar-refractivity contribution in [3.8, 4) is 28.5 Å². The Labute approximate surface area is 133 Å². The first-order valence-electron chi connectivity index (χ1n) is 6.90. The third-order valence-corrected chi connectivity index (χ3v) is 4.21. The summed E-state index contributed by atoms with van der Waals surface area (Å²) in [4.78, 5) is 4.07. The second-order valence-corrected chi connectivity index (χ2v) is 6.10. The normalized spacial score (nSPS) is 11.8. The molecule has 1 aromatic carbocycles. The summed E-state index contributed by atoms with van der Waals surface area (Å²) in [7, 11) is 0. The Morgan fingerprint density at radius 1 is 1.09 bits per heavy atom. The van der Waals surface area contributed by atoms with Gasteiger partial charge in [-0.25, -0.2) is 0 Å². The SMILES string of the molecule is CC(C#N)Sc1n[nH]c(-c2ccccc2)c1-c1ccncc1. The lowest BCUT2D eigenvalue weighted by Crippen LogP contribution is -1.91. The van der Waals surface area contributed by atoms with Crippen molar-refractivity contribution < 1.29 is 0 Å². The van der Waals surface area contributed by atoms with E-state index in [0.717, 1.165) is 27.4 Å². The number of aromatic amines is 1. The molecule has 0 fully saturated rings. The molecule has 0 saturated heterocycles. The molecule has 3 aromatic rings. The van der Waals surface area contributed by atoms with Crippen molar-refractivity contribution in [1.29, 1.82) is 5.26 Å². The number of nitriles is 1. The van der Waals surface area contributed by atoms with Gasteiger partial charge in [0.2, 0.25) is 0 Å². The lowest BCUT2D eigenvalue weighted by atomic mass is 10.0. The fourth-order valence-electron chi connectivity index (χ4n) is 2.20. The molecular weight excluding hydrogens is 292 g/mol. The van der Waals surface area contributed by atoms with Crippen LogP contribution in [0.5, 0.6) is 0 Å². The van der Waals surface area contributed by atoms with Crippen LogP contribution in [0.2, 0.25) is 0 Å². The minimum atomic E-state index is -0.160. The molecule has 1 N–H and O–H groups in total. The smallest absolute Gasteiger partial charge is 0.128 e. The summed E-state index contributed by atoms with van der Waals surface area (Å²) in [5.41, 5.74) is 4.08. The standard InChI is InChI=1S/C17H14N4S/c1-12(11-18)22-17-15(13-7-9-19-10-8-13)16(20-21-17)14-5-3-2-4-6-14/h2-10,12H,1H3,(H,20,21). The molecule has 0 aliphatic carbocycles. The van der Waals surface area contributed by atoms with Gasteiger partial charge in [0.05, 0.1) is 17.0 Å². The van der Waals surface area contributed by atoms with Crippen LogP contribution in [-0.4, -0.2) is 20.4 Å². The number of aromatic nitrogens is 3. The maximum absolute atomic E-state index is 9.06. The second-order valence-electron chi connectivity index (χ2n) is 4.77. The average Bonchev–Trinajstić information content (AvgIpc) is 3.00. The van der Waals surface area contributed by atoms with Gasteiger partial charge < -0.3 is 0 Å². The number of nitrogens with zero attached hydrogens (tertiary/aromatic N) is 3. The highest BCUT2D eigenvalue weighted by Crippen LogP contribution is 2.38. The van der Waals surface area contributed by atoms with Crippen LogP contribution in [0.3, 0.4) is 0 Å². The van der Waals surface area contributed by atoms with E-state index >= 15 is 0 Å². The lowest BCUT2D eigenvalue weighted by molar-refractivity contribution is 1.00. The van der Waals surface area contributed by atoms with E-state index in [1.54, 1.807) is 12.4 Å². The van der Waals surface area contributed by atoms with Gasteiger partial charge in [-0.05, 0) is 24.6 Å². The van der Waals surface area contributed by atoms with Gasteiger partial charge >= 0.3 is 0 Å². The van der Waals surface area contributed by atoms with Gasteiger partial charge in [0.15, 0.2) is 0 Å². The molecule has 2 heterocycles. The molecule has 0 bridgehead atoms. The molecule has 2 aromatic heterocycles. The zero-order chi connectivity index (χ0) is 15.4. The van der Waals surface area contributed by atoms with Crippen molar-refractivity contribution in [2.24, 2.45) is 0 Å². The summed E-state index contributed by atoms with van der Waals surface area (Å²) < 4.78 is 0. The number of nitrogens with one attached hydrogen (secondary N) is 1. The molecule has 0 saturated carbocycles. The Bertz CT molecular complexity index is 791. The molecule has 22 heavy (non-hydrogen) atoms. The third kappa shape index (κ3) is 2.87. The number of hydrogen-bond donors (Lipinski definition) is 1. The summed E-state index contributed by atoms with van der Waals surface area (Å²) in [5, 5.41) is 17.3. The summed E-state index contributed by atoms with van der Waals surface area (Å²) in [5.74, 6) is 0. The minimum absolute atomic E-state index is 0.160. The van der Waals surface area contributed by atoms with Gasteiger partial charge in [0, 0.05) is 23.5 Å². The number of H-pyrrole nitrogens is 1. The van der Waals surface area contributed by atoms with Crippen molar-refractivity contribution in [1.82, 2.24) is 15.2 Å². The van der Waals surface area contributed by atoms with Crippen LogP contribution < -0.4 is 0 Å². The van der Waals surface area contributed by atoms with Crippen LogP contribution in [-0.2, 0) is 0 Å². The Morgan fingerprint density at radius 2 is 1.82 bits per heavy atom. The third-order valence-electron chi connectivity index (χ3n) is 3.23. The van der Waals surface area contributed by atoms with Gasteiger partial charge in [0.1, 0.15) is 5.03 Å². The number of benzene rings is 1. The van der Waals surface area contributed by atoms with Gasteiger partial charge in [0.25, 0.3) is 0 Å². The Kier molecular flexibility index (Phi) is 4.22. The molecule has 108 valence electrons. The van der Waals surface area contributed by atoms with Gasteiger partial charge in [-0.1, -0.05) is 42.1 Å². The zero-order valence-electron chi connectivity index (χ0n) is 12.0. The first kappa shape index (κ1) is 14.4. The van der Waals surface area contributed by atoms with Crippen molar-refractivity contribution >= 4 is 11.8 Å². The van der Waals surface area contributed by atoms with Crippen LogP contribution in [0.25, 0.3) is 22.4 Å². The number of thioether (sulfide) groups is 1. The van der Waals surface area contributed by atoms with Crippen molar-refractivity contribution in [3.05, 3.63) is 54.9 Å². The average molecular weight is 306 g/mol. The van der Waals surface area contributed by atoms with Crippen molar-refractivity contribution in [2.75, 3.05) is 0 Å². The molecule has 1 atom stereocenters. The highest BCUT2D eigenvalue weighted by Gasteiger charge is 2.18. The van der Waals surface area contributed by atoms with E-state index in [-0.39, 0.29) is 5.25 Å². The molecule has 5 heteroatoms. The van der Waals surface area contributed by atoms with Crippen LogP contribution in [0.1, 0.15) is 6.92 Å². The highest BCUT2D eigenvalue weighted by atomic mass is 32.2. The van der Waals surface area contributed by atoms with E-state index in [9.17, 15) is 0 Å². The van der Waals surface area contributed by atoms with Crippen LogP contribution in [0.15, 0.2) is 59.9 Å². The quantitative estimate of drug-likeness (QED) is 0.736. The highest BCUT2D eigenvalue weighted by molar-refractivity contribution is 8.00. The van der Waals surface area contributed by atoms with E-state index in [1.807, 2.05) is 49.4 Å². The maximum Gasteiger partial charge on any atom is 0.128 e. The Balaban J connectivity index is 2.14. The topological polar surface area (TPSA) is 65.4 Å². The fourth-order valence-corrected chi connectivity index (χ4v) is 3.03. The van der Waals surface area contributed by atoms with E-state index in [0.29, 0.717) is 0 Å². The monoisotopic (exact) mass is 306 g/mol. The van der Waals surface area contributed by atoms with Crippen LogP contribution in [0, 0.1) is 11.3 Å². The van der Waals surface area contributed by atoms with Gasteiger partial charge in [-0.2, -0.15) is 10.4 Å². The Morgan fingerprint density at radius 3 is 2.50 bits per heavy atom. The number of hydrogen-bond acceptors (Lipinski definition) is 4. The molecule has 0 aliphatic heterocycles. The van der Waals surface area contributed by atoms with Crippen LogP contribution >= 0.6 is 11.8 Å². The van der Waals surface area contributed by atoms with Crippen LogP contribution in [0.4, 0.5) is 0 Å². The number of rotatable bonds is 4. The molecule has 4 nitrogen and oxygen atoms in total. The Hall–Kier alpha value is -2.58. The second kappa shape index (κ2) is 6.46. The molecule has 0 spiro atoms. The summed E-state index contributed by atoms with van der Waals surface area (Å²) in [6.45, 7) is 1.87. The van der Waals surface area contributed by atoms with Gasteiger partial charge in [-0.3, -0.25) is 10.1 Å². The van der Waals surface area contributed by atoms with E-state index < -0.39 is 0 Å². The number of pyridine rings is 1. The summed E-state index contributed by atoms with van der Waals surface area (Å²) in [6.07, 6.45) is 3.53. The predicted molar refractivity (Wildman–Crippen MR) is 88.2 cm³/mol. The molecule has 0 amide bonds. The first-order chi connectivity index (χ1) is 10.8. The predicted octanol–water partition coefficient (Wildman–Crippen LogP) is 4.14. The fraction of sp³-hybridized carbons (Fsp3) is 0.118. The first-order valence-corrected chi connectivity index (χ1v) is 7.78. The van der Waals surface area contributed by atoms with E-state index in [1.165, 1.54) is 11.8 Å². The molecule has 0 aliphatic rings. The minimum Gasteiger partial charge on any atom is -0.276 e. The zero-order valence-corrected chi connectivity index (χ0v) is 12.8. The molecule has 1 unspecified atom stereocenters. The van der Waals surface area contributed by atoms with Crippen molar-refractivity contribution in [3.63, 3.8) is 0 Å².